The van der Waals surface area contributed by atoms with Crippen molar-refractivity contribution in [2.75, 3.05) is 21.2 Å². The van der Waals surface area contributed by atoms with Gasteiger partial charge in [0, 0.05) is 6.54 Å². The Morgan fingerprint density at radius 1 is 1.11 bits per heavy atom. The molecule has 19 heavy (non-hydrogen) atoms. The minimum atomic E-state index is 0.636. The van der Waals surface area contributed by atoms with Gasteiger partial charge in [0.15, 0.2) is 0 Å². The zero-order valence-corrected chi connectivity index (χ0v) is 12.2. The van der Waals surface area contributed by atoms with Crippen molar-refractivity contribution in [1.29, 1.82) is 0 Å². The molecule has 0 aliphatic heterocycles. The molecule has 0 N–H and O–H groups in total. The predicted molar refractivity (Wildman–Crippen MR) is 80.8 cm³/mol. The summed E-state index contributed by atoms with van der Waals surface area (Å²) in [6.45, 7) is 0.904. The molecule has 0 fully saturated rings. The first-order valence-corrected chi connectivity index (χ1v) is 6.56. The zero-order chi connectivity index (χ0) is 13.8. The number of ether oxygens (including phenoxy) is 1. The second-order valence-corrected chi connectivity index (χ2v) is 5.15. The van der Waals surface area contributed by atoms with E-state index in [0.717, 1.165) is 12.1 Å². The van der Waals surface area contributed by atoms with Crippen LogP contribution in [0.4, 0.5) is 0 Å². The van der Waals surface area contributed by atoms with E-state index in [0.29, 0.717) is 10.8 Å². The molecule has 0 heterocycles. The topological polar surface area (TPSA) is 12.5 Å². The van der Waals surface area contributed by atoms with E-state index in [1.54, 1.807) is 7.11 Å². The first kappa shape index (κ1) is 13.9. The number of hydrogen-bond donors (Lipinski definition) is 0. The maximum absolute atomic E-state index is 6.07. The minimum absolute atomic E-state index is 0.636. The van der Waals surface area contributed by atoms with Crippen molar-refractivity contribution in [3.8, 4) is 16.9 Å². The number of hydrogen-bond acceptors (Lipinski definition) is 2. The average molecular weight is 276 g/mol. The van der Waals surface area contributed by atoms with Crippen LogP contribution in [-0.4, -0.2) is 26.1 Å². The van der Waals surface area contributed by atoms with Gasteiger partial charge in [0.05, 0.1) is 12.1 Å². The summed E-state index contributed by atoms with van der Waals surface area (Å²) in [7, 11) is 5.77. The van der Waals surface area contributed by atoms with Crippen LogP contribution < -0.4 is 4.74 Å². The van der Waals surface area contributed by atoms with E-state index in [1.807, 2.05) is 18.2 Å². The standard InChI is InChI=1S/C16H18ClNO/c1-18(2)11-13-6-4-5-7-14(13)12-8-9-15(17)16(10-12)19-3/h4-10H,11H2,1-3H3. The highest BCUT2D eigenvalue weighted by atomic mass is 35.5. The van der Waals surface area contributed by atoms with Gasteiger partial charge in [-0.1, -0.05) is 41.9 Å². The summed E-state index contributed by atoms with van der Waals surface area (Å²) in [4.78, 5) is 2.16. The highest BCUT2D eigenvalue weighted by molar-refractivity contribution is 6.32. The van der Waals surface area contributed by atoms with E-state index < -0.39 is 0 Å². The normalized spacial score (nSPS) is 10.8. The van der Waals surface area contributed by atoms with Crippen molar-refractivity contribution in [2.24, 2.45) is 0 Å². The Labute approximate surface area is 119 Å². The van der Waals surface area contributed by atoms with Gasteiger partial charge >= 0.3 is 0 Å². The Balaban J connectivity index is 2.46. The molecule has 100 valence electrons. The maximum Gasteiger partial charge on any atom is 0.138 e. The minimum Gasteiger partial charge on any atom is -0.495 e. The van der Waals surface area contributed by atoms with Crippen LogP contribution in [-0.2, 0) is 6.54 Å². The lowest BCUT2D eigenvalue weighted by molar-refractivity contribution is 0.403. The van der Waals surface area contributed by atoms with Crippen molar-refractivity contribution in [1.82, 2.24) is 4.90 Å². The third kappa shape index (κ3) is 3.28. The van der Waals surface area contributed by atoms with Crippen LogP contribution in [0.2, 0.25) is 5.02 Å². The lowest BCUT2D eigenvalue weighted by Gasteiger charge is -2.15. The van der Waals surface area contributed by atoms with Crippen LogP contribution >= 0.6 is 11.6 Å². The van der Waals surface area contributed by atoms with E-state index in [9.17, 15) is 0 Å². The molecule has 0 bridgehead atoms. The largest absolute Gasteiger partial charge is 0.495 e. The van der Waals surface area contributed by atoms with Gasteiger partial charge in [-0.15, -0.1) is 0 Å². The molecule has 0 atom stereocenters. The average Bonchev–Trinajstić information content (AvgIpc) is 2.39. The van der Waals surface area contributed by atoms with Crippen molar-refractivity contribution in [2.45, 2.75) is 6.54 Å². The van der Waals surface area contributed by atoms with Gasteiger partial charge in [-0.25, -0.2) is 0 Å². The van der Waals surface area contributed by atoms with Crippen molar-refractivity contribution >= 4 is 11.6 Å². The second-order valence-electron chi connectivity index (χ2n) is 4.74. The van der Waals surface area contributed by atoms with Crippen molar-refractivity contribution in [3.05, 3.63) is 53.1 Å². The Morgan fingerprint density at radius 2 is 1.84 bits per heavy atom. The summed E-state index contributed by atoms with van der Waals surface area (Å²) in [6.07, 6.45) is 0. The molecule has 2 aromatic carbocycles. The molecular weight excluding hydrogens is 258 g/mol. The van der Waals surface area contributed by atoms with Crippen LogP contribution in [0.25, 0.3) is 11.1 Å². The van der Waals surface area contributed by atoms with Crippen LogP contribution in [0.15, 0.2) is 42.5 Å². The Morgan fingerprint density at radius 3 is 2.53 bits per heavy atom. The molecule has 2 rings (SSSR count). The highest BCUT2D eigenvalue weighted by Gasteiger charge is 2.08. The molecule has 0 amide bonds. The molecule has 0 aromatic heterocycles. The highest BCUT2D eigenvalue weighted by Crippen LogP contribution is 2.32. The first-order chi connectivity index (χ1) is 9.11. The Kier molecular flexibility index (Phi) is 4.46. The van der Waals surface area contributed by atoms with Crippen LogP contribution in [0, 0.1) is 0 Å². The van der Waals surface area contributed by atoms with Gasteiger partial charge < -0.3 is 9.64 Å². The molecule has 0 spiro atoms. The predicted octanol–water partition coefficient (Wildman–Crippen LogP) is 4.08. The number of methoxy groups -OCH3 is 1. The Hall–Kier alpha value is -1.51. The Bertz CT molecular complexity index is 566. The third-order valence-corrected chi connectivity index (χ3v) is 3.28. The fourth-order valence-corrected chi connectivity index (χ4v) is 2.30. The molecule has 0 saturated carbocycles. The fraction of sp³-hybridized carbons (Fsp3) is 0.250. The number of nitrogens with zero attached hydrogens (tertiary/aromatic N) is 1. The summed E-state index contributed by atoms with van der Waals surface area (Å²) in [5, 5.41) is 0.636. The molecular formula is C16H18ClNO. The molecule has 3 heteroatoms. The van der Waals surface area contributed by atoms with Gasteiger partial charge in [-0.05, 0) is 42.9 Å². The molecule has 2 nitrogen and oxygen atoms in total. The van der Waals surface area contributed by atoms with Crippen molar-refractivity contribution in [3.63, 3.8) is 0 Å². The van der Waals surface area contributed by atoms with Crippen LogP contribution in [0.1, 0.15) is 5.56 Å². The van der Waals surface area contributed by atoms with Crippen LogP contribution in [0.5, 0.6) is 5.75 Å². The third-order valence-electron chi connectivity index (χ3n) is 2.97. The lowest BCUT2D eigenvalue weighted by Crippen LogP contribution is -2.11. The van der Waals surface area contributed by atoms with E-state index in [1.165, 1.54) is 11.1 Å². The van der Waals surface area contributed by atoms with Crippen LogP contribution in [0.3, 0.4) is 0 Å². The smallest absolute Gasteiger partial charge is 0.138 e. The fourth-order valence-electron chi connectivity index (χ4n) is 2.11. The molecule has 0 radical (unpaired) electrons. The van der Waals surface area contributed by atoms with E-state index in [4.69, 9.17) is 16.3 Å². The van der Waals surface area contributed by atoms with Crippen molar-refractivity contribution < 1.29 is 4.74 Å². The van der Waals surface area contributed by atoms with Gasteiger partial charge in [-0.2, -0.15) is 0 Å². The van der Waals surface area contributed by atoms with Gasteiger partial charge in [0.2, 0.25) is 0 Å². The molecule has 0 aliphatic carbocycles. The van der Waals surface area contributed by atoms with E-state index in [-0.39, 0.29) is 0 Å². The maximum atomic E-state index is 6.07. The number of benzene rings is 2. The summed E-state index contributed by atoms with van der Waals surface area (Å²) in [5.74, 6) is 0.707. The number of rotatable bonds is 4. The van der Waals surface area contributed by atoms with Gasteiger partial charge in [0.25, 0.3) is 0 Å². The molecule has 0 unspecified atom stereocenters. The van der Waals surface area contributed by atoms with Gasteiger partial charge in [-0.3, -0.25) is 0 Å². The lowest BCUT2D eigenvalue weighted by atomic mass is 9.99. The van der Waals surface area contributed by atoms with E-state index in [2.05, 4.69) is 43.3 Å². The van der Waals surface area contributed by atoms with Gasteiger partial charge in [0.1, 0.15) is 5.75 Å². The molecule has 2 aromatic rings. The monoisotopic (exact) mass is 275 g/mol. The summed E-state index contributed by atoms with van der Waals surface area (Å²) in [5.41, 5.74) is 3.63. The molecule has 0 aliphatic rings. The number of halogens is 1. The summed E-state index contributed by atoms with van der Waals surface area (Å²) < 4.78 is 5.29. The summed E-state index contributed by atoms with van der Waals surface area (Å²) >= 11 is 6.07. The second kappa shape index (κ2) is 6.09. The quantitative estimate of drug-likeness (QED) is 0.834. The van der Waals surface area contributed by atoms with E-state index >= 15 is 0 Å². The summed E-state index contributed by atoms with van der Waals surface area (Å²) in [6, 6.07) is 14.3. The molecule has 0 saturated heterocycles. The zero-order valence-electron chi connectivity index (χ0n) is 11.5. The first-order valence-electron chi connectivity index (χ1n) is 6.18. The SMILES string of the molecule is COc1cc(-c2ccccc2CN(C)C)ccc1Cl.